The van der Waals surface area contributed by atoms with E-state index < -0.39 is 0 Å². The van der Waals surface area contributed by atoms with E-state index in [1.54, 1.807) is 0 Å². The molecule has 2 atom stereocenters. The number of anilines is 1. The Bertz CT molecular complexity index is 447. The lowest BCUT2D eigenvalue weighted by atomic mass is 9.97. The van der Waals surface area contributed by atoms with Crippen LogP contribution >= 0.6 is 0 Å². The molecule has 110 valence electrons. The topological polar surface area (TPSA) is 78.6 Å². The van der Waals surface area contributed by atoms with E-state index in [1.165, 1.54) is 0 Å². The number of likely N-dealkylation sites (tertiary alicyclic amines) is 1. The van der Waals surface area contributed by atoms with Crippen molar-refractivity contribution in [1.82, 2.24) is 4.90 Å². The lowest BCUT2D eigenvalue weighted by molar-refractivity contribution is -0.118. The number of carbonyl (C=O) groups excluding carboxylic acids is 1. The number of nitrogens with two attached hydrogens (primary N) is 1. The molecule has 0 aliphatic carbocycles. The highest BCUT2D eigenvalue weighted by Crippen LogP contribution is 2.16. The molecule has 1 saturated heterocycles. The molecule has 1 heterocycles. The SMILES string of the molecule is CC1CN(CC(=O)Nc2ccc(CN)cc2)CCC1O. The first kappa shape index (κ1) is 15.0. The molecule has 0 aromatic heterocycles. The lowest BCUT2D eigenvalue weighted by Crippen LogP contribution is -2.45. The Hall–Kier alpha value is -1.43. The second-order valence-electron chi connectivity index (χ2n) is 5.52. The molecular formula is C15H23N3O2. The van der Waals surface area contributed by atoms with Crippen molar-refractivity contribution in [2.75, 3.05) is 25.0 Å². The van der Waals surface area contributed by atoms with Gasteiger partial charge in [0.15, 0.2) is 0 Å². The number of benzene rings is 1. The van der Waals surface area contributed by atoms with Gasteiger partial charge in [-0.1, -0.05) is 19.1 Å². The number of hydrogen-bond acceptors (Lipinski definition) is 4. The van der Waals surface area contributed by atoms with Crippen LogP contribution in [0.2, 0.25) is 0 Å². The summed E-state index contributed by atoms with van der Waals surface area (Å²) in [5.74, 6) is 0.203. The van der Waals surface area contributed by atoms with Gasteiger partial charge < -0.3 is 16.2 Å². The molecule has 1 aromatic rings. The molecule has 1 aliphatic rings. The molecule has 5 nitrogen and oxygen atoms in total. The van der Waals surface area contributed by atoms with Crippen LogP contribution < -0.4 is 11.1 Å². The Morgan fingerprint density at radius 1 is 1.45 bits per heavy atom. The van der Waals surface area contributed by atoms with Gasteiger partial charge in [-0.2, -0.15) is 0 Å². The van der Waals surface area contributed by atoms with Crippen molar-refractivity contribution < 1.29 is 9.90 Å². The molecule has 0 saturated carbocycles. The maximum atomic E-state index is 12.0. The first-order chi connectivity index (χ1) is 9.58. The van der Waals surface area contributed by atoms with Gasteiger partial charge >= 0.3 is 0 Å². The summed E-state index contributed by atoms with van der Waals surface area (Å²) in [5, 5.41) is 12.6. The van der Waals surface area contributed by atoms with Gasteiger partial charge in [-0.3, -0.25) is 9.69 Å². The van der Waals surface area contributed by atoms with E-state index in [4.69, 9.17) is 5.73 Å². The molecule has 2 unspecified atom stereocenters. The third-order valence-corrected chi connectivity index (χ3v) is 3.78. The second kappa shape index (κ2) is 6.83. The fourth-order valence-electron chi connectivity index (χ4n) is 2.49. The Morgan fingerprint density at radius 2 is 2.15 bits per heavy atom. The second-order valence-corrected chi connectivity index (χ2v) is 5.52. The fraction of sp³-hybridized carbons (Fsp3) is 0.533. The van der Waals surface area contributed by atoms with Crippen LogP contribution in [0.15, 0.2) is 24.3 Å². The summed E-state index contributed by atoms with van der Waals surface area (Å²) in [6, 6.07) is 7.55. The first-order valence-electron chi connectivity index (χ1n) is 7.07. The van der Waals surface area contributed by atoms with Gasteiger partial charge in [0.05, 0.1) is 12.6 Å². The van der Waals surface area contributed by atoms with E-state index in [0.717, 1.165) is 30.8 Å². The van der Waals surface area contributed by atoms with E-state index in [2.05, 4.69) is 10.2 Å². The zero-order chi connectivity index (χ0) is 14.5. The molecule has 4 N–H and O–H groups in total. The predicted octanol–water partition coefficient (Wildman–Crippen LogP) is 0.786. The van der Waals surface area contributed by atoms with Gasteiger partial charge in [0.2, 0.25) is 5.91 Å². The molecule has 0 spiro atoms. The molecule has 5 heteroatoms. The summed E-state index contributed by atoms with van der Waals surface area (Å²) in [7, 11) is 0. The Kier molecular flexibility index (Phi) is 5.11. The van der Waals surface area contributed by atoms with Gasteiger partial charge in [0.1, 0.15) is 0 Å². The number of rotatable bonds is 4. The van der Waals surface area contributed by atoms with Crippen LogP contribution in [0.25, 0.3) is 0 Å². The number of carbonyl (C=O) groups is 1. The van der Waals surface area contributed by atoms with Crippen LogP contribution in [0.3, 0.4) is 0 Å². The van der Waals surface area contributed by atoms with E-state index in [1.807, 2.05) is 31.2 Å². The van der Waals surface area contributed by atoms with Crippen molar-refractivity contribution in [3.63, 3.8) is 0 Å². The average molecular weight is 277 g/mol. The van der Waals surface area contributed by atoms with Crippen molar-refractivity contribution in [2.24, 2.45) is 11.7 Å². The smallest absolute Gasteiger partial charge is 0.238 e. The lowest BCUT2D eigenvalue weighted by Gasteiger charge is -2.33. The van der Waals surface area contributed by atoms with Crippen molar-refractivity contribution in [3.05, 3.63) is 29.8 Å². The number of piperidine rings is 1. The third kappa shape index (κ3) is 4.03. The standard InChI is InChI=1S/C15H23N3O2/c1-11-9-18(7-6-14(11)19)10-15(20)17-13-4-2-12(8-16)3-5-13/h2-5,11,14,19H,6-10,16H2,1H3,(H,17,20). The molecule has 1 amide bonds. The van der Waals surface area contributed by atoms with Crippen LogP contribution in [-0.2, 0) is 11.3 Å². The van der Waals surface area contributed by atoms with E-state index in [-0.39, 0.29) is 17.9 Å². The Labute approximate surface area is 119 Å². The molecule has 1 fully saturated rings. The summed E-state index contributed by atoms with van der Waals surface area (Å²) >= 11 is 0. The number of aliphatic hydroxyl groups excluding tert-OH is 1. The number of amides is 1. The zero-order valence-electron chi connectivity index (χ0n) is 11.9. The summed E-state index contributed by atoms with van der Waals surface area (Å²) < 4.78 is 0. The summed E-state index contributed by atoms with van der Waals surface area (Å²) in [6.07, 6.45) is 0.498. The van der Waals surface area contributed by atoms with Crippen LogP contribution in [0.4, 0.5) is 5.69 Å². The Balaban J connectivity index is 1.82. The first-order valence-corrected chi connectivity index (χ1v) is 7.07. The van der Waals surface area contributed by atoms with Crippen LogP contribution in [-0.4, -0.2) is 41.7 Å². The molecule has 1 aromatic carbocycles. The quantitative estimate of drug-likeness (QED) is 0.760. The van der Waals surface area contributed by atoms with Gasteiger partial charge in [0.25, 0.3) is 0 Å². The van der Waals surface area contributed by atoms with Crippen LogP contribution in [0, 0.1) is 5.92 Å². The number of nitrogens with one attached hydrogen (secondary N) is 1. The van der Waals surface area contributed by atoms with Gasteiger partial charge in [-0.15, -0.1) is 0 Å². The predicted molar refractivity (Wildman–Crippen MR) is 79.2 cm³/mol. The Morgan fingerprint density at radius 3 is 2.75 bits per heavy atom. The van der Waals surface area contributed by atoms with Gasteiger partial charge in [0, 0.05) is 25.3 Å². The van der Waals surface area contributed by atoms with E-state index >= 15 is 0 Å². The molecule has 2 rings (SSSR count). The minimum absolute atomic E-state index is 0.0194. The van der Waals surface area contributed by atoms with Crippen LogP contribution in [0.5, 0.6) is 0 Å². The van der Waals surface area contributed by atoms with Crippen molar-refractivity contribution in [3.8, 4) is 0 Å². The van der Waals surface area contributed by atoms with Gasteiger partial charge in [-0.25, -0.2) is 0 Å². The highest BCUT2D eigenvalue weighted by molar-refractivity contribution is 5.92. The molecule has 0 bridgehead atoms. The molecule has 20 heavy (non-hydrogen) atoms. The summed E-state index contributed by atoms with van der Waals surface area (Å²) in [4.78, 5) is 14.1. The van der Waals surface area contributed by atoms with Crippen LogP contribution in [0.1, 0.15) is 18.9 Å². The minimum atomic E-state index is -0.238. The van der Waals surface area contributed by atoms with Crippen molar-refractivity contribution in [1.29, 1.82) is 0 Å². The zero-order valence-corrected chi connectivity index (χ0v) is 11.9. The largest absolute Gasteiger partial charge is 0.393 e. The van der Waals surface area contributed by atoms with Crippen molar-refractivity contribution in [2.45, 2.75) is 26.0 Å². The maximum Gasteiger partial charge on any atom is 0.238 e. The highest BCUT2D eigenvalue weighted by atomic mass is 16.3. The summed E-state index contributed by atoms with van der Waals surface area (Å²) in [5.41, 5.74) is 7.37. The summed E-state index contributed by atoms with van der Waals surface area (Å²) in [6.45, 7) is 4.42. The average Bonchev–Trinajstić information content (AvgIpc) is 2.44. The highest BCUT2D eigenvalue weighted by Gasteiger charge is 2.25. The molecule has 0 radical (unpaired) electrons. The third-order valence-electron chi connectivity index (χ3n) is 3.78. The number of aliphatic hydroxyl groups is 1. The van der Waals surface area contributed by atoms with E-state index in [9.17, 15) is 9.90 Å². The monoisotopic (exact) mass is 277 g/mol. The fourth-order valence-corrected chi connectivity index (χ4v) is 2.49. The van der Waals surface area contributed by atoms with E-state index in [0.29, 0.717) is 13.1 Å². The molecular weight excluding hydrogens is 254 g/mol. The normalized spacial score (nSPS) is 23.6. The number of nitrogens with zero attached hydrogens (tertiary/aromatic N) is 1. The maximum absolute atomic E-state index is 12.0. The molecule has 1 aliphatic heterocycles. The minimum Gasteiger partial charge on any atom is -0.393 e. The van der Waals surface area contributed by atoms with Gasteiger partial charge in [-0.05, 0) is 30.0 Å². The number of hydrogen-bond donors (Lipinski definition) is 3. The van der Waals surface area contributed by atoms with Crippen molar-refractivity contribution >= 4 is 11.6 Å².